The smallest absolute Gasteiger partial charge is 0.274 e. The van der Waals surface area contributed by atoms with E-state index in [2.05, 4.69) is 25.6 Å². The normalized spacial score (nSPS) is 10.9. The minimum atomic E-state index is -0.329. The maximum absolute atomic E-state index is 12.4. The monoisotopic (exact) mass is 436 g/mol. The first-order chi connectivity index (χ1) is 15.0. The highest BCUT2D eigenvalue weighted by molar-refractivity contribution is 7.99. The average molecular weight is 436 g/mol. The molecule has 9 nitrogen and oxygen atoms in total. The van der Waals surface area contributed by atoms with Crippen molar-refractivity contribution in [1.82, 2.24) is 24.8 Å². The minimum absolute atomic E-state index is 0.129. The zero-order valence-corrected chi connectivity index (χ0v) is 17.8. The third-order valence-corrected chi connectivity index (χ3v) is 5.52. The summed E-state index contributed by atoms with van der Waals surface area (Å²) >= 11 is 1.19. The number of amides is 1. The number of hydrogen-bond donors (Lipinski definition) is 2. The predicted octanol–water partition coefficient (Wildman–Crippen LogP) is 2.45. The Hall–Kier alpha value is -3.66. The number of para-hydroxylation sites is 1. The van der Waals surface area contributed by atoms with Crippen LogP contribution >= 0.6 is 11.8 Å². The molecule has 0 aliphatic rings. The van der Waals surface area contributed by atoms with Crippen molar-refractivity contribution in [3.05, 3.63) is 75.7 Å². The molecule has 0 aliphatic carbocycles. The predicted molar refractivity (Wildman–Crippen MR) is 118 cm³/mol. The number of methoxy groups -OCH3 is 1. The van der Waals surface area contributed by atoms with Gasteiger partial charge in [0.05, 0.1) is 12.9 Å². The molecule has 1 amide bonds. The largest absolute Gasteiger partial charge is 0.497 e. The highest BCUT2D eigenvalue weighted by Gasteiger charge is 2.14. The van der Waals surface area contributed by atoms with Crippen molar-refractivity contribution in [3.63, 3.8) is 0 Å². The van der Waals surface area contributed by atoms with Gasteiger partial charge in [0, 0.05) is 12.1 Å². The van der Waals surface area contributed by atoms with Crippen LogP contribution in [-0.2, 0) is 11.2 Å². The first-order valence-corrected chi connectivity index (χ1v) is 10.5. The zero-order valence-electron chi connectivity index (χ0n) is 17.0. The van der Waals surface area contributed by atoms with Gasteiger partial charge in [-0.2, -0.15) is 9.61 Å². The number of fused-ring (bicyclic) bond motifs is 1. The fraction of sp³-hybridized carbons (Fsp3) is 0.190. The molecule has 31 heavy (non-hydrogen) atoms. The number of benzene rings is 2. The van der Waals surface area contributed by atoms with Gasteiger partial charge in [0.25, 0.3) is 11.3 Å². The number of thioether (sulfide) groups is 1. The van der Waals surface area contributed by atoms with Crippen LogP contribution < -0.4 is 15.6 Å². The molecule has 4 rings (SSSR count). The summed E-state index contributed by atoms with van der Waals surface area (Å²) in [7, 11) is 1.60. The molecule has 10 heteroatoms. The van der Waals surface area contributed by atoms with Crippen molar-refractivity contribution in [1.29, 1.82) is 0 Å². The molecule has 0 atom stereocenters. The Labute approximate surface area is 181 Å². The highest BCUT2D eigenvalue weighted by atomic mass is 32.2. The van der Waals surface area contributed by atoms with E-state index in [1.54, 1.807) is 7.11 Å². The molecule has 2 N–H and O–H groups in total. The van der Waals surface area contributed by atoms with E-state index in [0.717, 1.165) is 22.6 Å². The van der Waals surface area contributed by atoms with Gasteiger partial charge in [-0.25, -0.2) is 0 Å². The van der Waals surface area contributed by atoms with Gasteiger partial charge in [-0.05, 0) is 36.2 Å². The van der Waals surface area contributed by atoms with Crippen LogP contribution in [0, 0.1) is 6.92 Å². The lowest BCUT2D eigenvalue weighted by Gasteiger charge is -2.07. The van der Waals surface area contributed by atoms with Gasteiger partial charge in [0.2, 0.25) is 11.1 Å². The Morgan fingerprint density at radius 1 is 1.16 bits per heavy atom. The van der Waals surface area contributed by atoms with E-state index in [-0.39, 0.29) is 23.0 Å². The lowest BCUT2D eigenvalue weighted by Crippen LogP contribution is -2.19. The van der Waals surface area contributed by atoms with Crippen LogP contribution in [0.3, 0.4) is 0 Å². The summed E-state index contributed by atoms with van der Waals surface area (Å²) in [6.07, 6.45) is 0.339. The second kappa shape index (κ2) is 9.00. The molecule has 158 valence electrons. The fourth-order valence-electron chi connectivity index (χ4n) is 2.95. The maximum Gasteiger partial charge on any atom is 0.274 e. The van der Waals surface area contributed by atoms with Crippen LogP contribution in [0.2, 0.25) is 0 Å². The molecule has 0 saturated carbocycles. The average Bonchev–Trinajstić information content (AvgIpc) is 3.16. The molecule has 0 radical (unpaired) electrons. The third kappa shape index (κ3) is 4.75. The molecular formula is C21H20N6O3S. The SMILES string of the molecule is COc1ccc(Cc2nn3c(SCC(=O)Nc4ccccc4C)nnc3[nH]c2=O)cc1. The standard InChI is InChI=1S/C21H20N6O3S/c1-13-5-3-4-6-16(13)22-18(28)12-31-21-25-24-20-23-19(29)17(26-27(20)21)11-14-7-9-15(30-2)10-8-14/h3-10H,11-12H2,1-2H3,(H,22,28)(H,23,24,29). The lowest BCUT2D eigenvalue weighted by atomic mass is 10.1. The minimum Gasteiger partial charge on any atom is -0.497 e. The molecular weight excluding hydrogens is 416 g/mol. The quantitative estimate of drug-likeness (QED) is 0.428. The molecule has 0 aliphatic heterocycles. The van der Waals surface area contributed by atoms with Crippen LogP contribution in [0.4, 0.5) is 5.69 Å². The maximum atomic E-state index is 12.4. The molecule has 0 bridgehead atoms. The second-order valence-corrected chi connectivity index (χ2v) is 7.74. The van der Waals surface area contributed by atoms with E-state index in [9.17, 15) is 9.59 Å². The van der Waals surface area contributed by atoms with Crippen LogP contribution in [0.25, 0.3) is 5.78 Å². The summed E-state index contributed by atoms with van der Waals surface area (Å²) < 4.78 is 6.61. The molecule has 0 fully saturated rings. The van der Waals surface area contributed by atoms with Gasteiger partial charge in [-0.3, -0.25) is 14.6 Å². The van der Waals surface area contributed by atoms with Crippen molar-refractivity contribution in [2.75, 3.05) is 18.2 Å². The number of aryl methyl sites for hydroxylation is 1. The molecule has 0 saturated heterocycles. The third-order valence-electron chi connectivity index (χ3n) is 4.60. The van der Waals surface area contributed by atoms with E-state index < -0.39 is 0 Å². The number of aromatic amines is 1. The Kier molecular flexibility index (Phi) is 5.99. The second-order valence-electron chi connectivity index (χ2n) is 6.80. The van der Waals surface area contributed by atoms with Crippen molar-refractivity contribution in [2.45, 2.75) is 18.5 Å². The summed E-state index contributed by atoms with van der Waals surface area (Å²) in [6, 6.07) is 15.0. The van der Waals surface area contributed by atoms with Gasteiger partial charge < -0.3 is 10.1 Å². The summed E-state index contributed by atoms with van der Waals surface area (Å²) in [5.41, 5.74) is 2.66. The summed E-state index contributed by atoms with van der Waals surface area (Å²) in [5, 5.41) is 15.7. The molecule has 2 aromatic heterocycles. The van der Waals surface area contributed by atoms with Crippen molar-refractivity contribution >= 4 is 29.1 Å². The number of ether oxygens (including phenoxy) is 1. The summed E-state index contributed by atoms with van der Waals surface area (Å²) in [6.45, 7) is 1.93. The number of nitrogens with one attached hydrogen (secondary N) is 2. The van der Waals surface area contributed by atoms with Gasteiger partial charge in [-0.15, -0.1) is 10.2 Å². The van der Waals surface area contributed by atoms with E-state index in [1.807, 2.05) is 55.5 Å². The number of carbonyl (C=O) groups excluding carboxylic acids is 1. The first kappa shape index (κ1) is 20.6. The van der Waals surface area contributed by atoms with Crippen molar-refractivity contribution in [2.24, 2.45) is 0 Å². The van der Waals surface area contributed by atoms with Gasteiger partial charge in [0.15, 0.2) is 0 Å². The zero-order chi connectivity index (χ0) is 21.8. The molecule has 0 unspecified atom stereocenters. The number of H-pyrrole nitrogens is 1. The van der Waals surface area contributed by atoms with Crippen LogP contribution in [0.15, 0.2) is 58.5 Å². The number of rotatable bonds is 7. The molecule has 2 heterocycles. The van der Waals surface area contributed by atoms with Crippen molar-refractivity contribution < 1.29 is 9.53 Å². The highest BCUT2D eigenvalue weighted by Crippen LogP contribution is 2.18. The van der Waals surface area contributed by atoms with E-state index in [1.165, 1.54) is 16.3 Å². The number of hydrogen-bond acceptors (Lipinski definition) is 7. The van der Waals surface area contributed by atoms with E-state index >= 15 is 0 Å². The number of carbonyl (C=O) groups is 1. The Morgan fingerprint density at radius 3 is 2.68 bits per heavy atom. The number of nitrogens with zero attached hydrogens (tertiary/aromatic N) is 4. The Balaban J connectivity index is 1.49. The van der Waals surface area contributed by atoms with Crippen molar-refractivity contribution in [3.8, 4) is 5.75 Å². The first-order valence-electron chi connectivity index (χ1n) is 9.49. The fourth-order valence-corrected chi connectivity index (χ4v) is 3.63. The summed E-state index contributed by atoms with van der Waals surface area (Å²) in [4.78, 5) is 27.4. The van der Waals surface area contributed by atoms with E-state index in [0.29, 0.717) is 17.3 Å². The lowest BCUT2D eigenvalue weighted by molar-refractivity contribution is -0.113. The van der Waals surface area contributed by atoms with Gasteiger partial charge >= 0.3 is 0 Å². The number of aromatic nitrogens is 5. The van der Waals surface area contributed by atoms with Gasteiger partial charge in [0.1, 0.15) is 11.4 Å². The molecule has 2 aromatic carbocycles. The Morgan fingerprint density at radius 2 is 1.94 bits per heavy atom. The molecule has 0 spiro atoms. The number of anilines is 1. The van der Waals surface area contributed by atoms with Crippen LogP contribution in [0.1, 0.15) is 16.8 Å². The summed E-state index contributed by atoms with van der Waals surface area (Å²) in [5.74, 6) is 0.927. The molecule has 4 aromatic rings. The Bertz CT molecular complexity index is 1280. The van der Waals surface area contributed by atoms with Crippen LogP contribution in [-0.4, -0.2) is 43.6 Å². The van der Waals surface area contributed by atoms with Gasteiger partial charge in [-0.1, -0.05) is 42.1 Å². The van der Waals surface area contributed by atoms with E-state index in [4.69, 9.17) is 4.74 Å². The topological polar surface area (TPSA) is 114 Å². The van der Waals surface area contributed by atoms with Crippen LogP contribution in [0.5, 0.6) is 5.75 Å².